The molecule has 16 heavy (non-hydrogen) atoms. The molecule has 0 aromatic carbocycles. The van der Waals surface area contributed by atoms with Crippen LogP contribution in [0.15, 0.2) is 12.2 Å². The van der Waals surface area contributed by atoms with E-state index in [2.05, 4.69) is 48.1 Å². The Morgan fingerprint density at radius 3 is 1.75 bits per heavy atom. The SMILES string of the molecule is C=C(C(C)C)C(C)(C)CC(C)(C)CN.CC. The van der Waals surface area contributed by atoms with Gasteiger partial charge in [-0.1, -0.05) is 67.5 Å². The van der Waals surface area contributed by atoms with Crippen LogP contribution in [-0.4, -0.2) is 6.54 Å². The van der Waals surface area contributed by atoms with Crippen molar-refractivity contribution in [2.75, 3.05) is 6.54 Å². The second-order valence-corrected chi connectivity index (χ2v) is 6.11. The van der Waals surface area contributed by atoms with E-state index < -0.39 is 0 Å². The zero-order chi connectivity index (χ0) is 13.6. The Bertz CT molecular complexity index is 199. The van der Waals surface area contributed by atoms with Gasteiger partial charge in [0.2, 0.25) is 0 Å². The van der Waals surface area contributed by atoms with Crippen molar-refractivity contribution in [1.82, 2.24) is 0 Å². The van der Waals surface area contributed by atoms with Crippen molar-refractivity contribution in [3.63, 3.8) is 0 Å². The number of hydrogen-bond donors (Lipinski definition) is 1. The van der Waals surface area contributed by atoms with Crippen LogP contribution in [0.2, 0.25) is 0 Å². The summed E-state index contributed by atoms with van der Waals surface area (Å²) in [5, 5.41) is 0. The van der Waals surface area contributed by atoms with Crippen LogP contribution in [0, 0.1) is 16.7 Å². The van der Waals surface area contributed by atoms with Crippen LogP contribution >= 0.6 is 0 Å². The van der Waals surface area contributed by atoms with Gasteiger partial charge in [-0.25, -0.2) is 0 Å². The molecule has 0 atom stereocenters. The third kappa shape index (κ3) is 6.32. The number of hydrogen-bond acceptors (Lipinski definition) is 1. The van der Waals surface area contributed by atoms with Crippen molar-refractivity contribution in [3.05, 3.63) is 12.2 Å². The van der Waals surface area contributed by atoms with Crippen molar-refractivity contribution >= 4 is 0 Å². The molecule has 0 radical (unpaired) electrons. The highest BCUT2D eigenvalue weighted by atomic mass is 14.6. The Morgan fingerprint density at radius 1 is 1.12 bits per heavy atom. The lowest BCUT2D eigenvalue weighted by Crippen LogP contribution is -2.31. The van der Waals surface area contributed by atoms with Crippen LogP contribution in [-0.2, 0) is 0 Å². The normalized spacial score (nSPS) is 12.1. The van der Waals surface area contributed by atoms with Crippen LogP contribution in [0.5, 0.6) is 0 Å². The number of nitrogens with two attached hydrogens (primary N) is 1. The van der Waals surface area contributed by atoms with E-state index in [1.54, 1.807) is 0 Å². The fraction of sp³-hybridized carbons (Fsp3) is 0.867. The van der Waals surface area contributed by atoms with Crippen LogP contribution in [0.1, 0.15) is 61.8 Å². The summed E-state index contributed by atoms with van der Waals surface area (Å²) in [6.45, 7) is 22.3. The van der Waals surface area contributed by atoms with Gasteiger partial charge in [-0.3, -0.25) is 0 Å². The molecule has 0 saturated carbocycles. The smallest absolute Gasteiger partial charge is 0.00255 e. The summed E-state index contributed by atoms with van der Waals surface area (Å²) in [6.07, 6.45) is 1.10. The molecule has 1 heteroatoms. The number of rotatable bonds is 5. The molecule has 0 spiro atoms. The molecule has 2 N–H and O–H groups in total. The molecule has 0 aliphatic rings. The van der Waals surface area contributed by atoms with Gasteiger partial charge < -0.3 is 5.73 Å². The highest BCUT2D eigenvalue weighted by molar-refractivity contribution is 5.10. The van der Waals surface area contributed by atoms with Crippen LogP contribution < -0.4 is 5.73 Å². The first-order valence-electron chi connectivity index (χ1n) is 6.52. The molecule has 0 fully saturated rings. The van der Waals surface area contributed by atoms with Gasteiger partial charge in [0.1, 0.15) is 0 Å². The minimum absolute atomic E-state index is 0.192. The maximum Gasteiger partial charge on any atom is -0.00255 e. The van der Waals surface area contributed by atoms with Crippen molar-refractivity contribution < 1.29 is 0 Å². The van der Waals surface area contributed by atoms with Crippen LogP contribution in [0.4, 0.5) is 0 Å². The van der Waals surface area contributed by atoms with Crippen LogP contribution in [0.25, 0.3) is 0 Å². The van der Waals surface area contributed by atoms with Crippen molar-refractivity contribution in [2.45, 2.75) is 61.8 Å². The highest BCUT2D eigenvalue weighted by Gasteiger charge is 2.30. The minimum atomic E-state index is 0.192. The van der Waals surface area contributed by atoms with E-state index in [4.69, 9.17) is 5.73 Å². The summed E-state index contributed by atoms with van der Waals surface area (Å²) < 4.78 is 0. The lowest BCUT2D eigenvalue weighted by molar-refractivity contribution is 0.224. The summed E-state index contributed by atoms with van der Waals surface area (Å²) in [6, 6.07) is 0. The van der Waals surface area contributed by atoms with E-state index in [9.17, 15) is 0 Å². The molecule has 0 bridgehead atoms. The second kappa shape index (κ2) is 7.11. The summed E-state index contributed by atoms with van der Waals surface area (Å²) in [4.78, 5) is 0. The van der Waals surface area contributed by atoms with E-state index in [1.807, 2.05) is 13.8 Å². The second-order valence-electron chi connectivity index (χ2n) is 6.11. The van der Waals surface area contributed by atoms with E-state index in [-0.39, 0.29) is 10.8 Å². The van der Waals surface area contributed by atoms with Gasteiger partial charge in [0, 0.05) is 0 Å². The van der Waals surface area contributed by atoms with E-state index in [0.717, 1.165) is 13.0 Å². The van der Waals surface area contributed by atoms with Crippen molar-refractivity contribution in [2.24, 2.45) is 22.5 Å². The summed E-state index contributed by atoms with van der Waals surface area (Å²) in [5.74, 6) is 0.554. The van der Waals surface area contributed by atoms with Gasteiger partial charge in [-0.2, -0.15) is 0 Å². The molecule has 0 aromatic rings. The molecular formula is C15H33N. The summed E-state index contributed by atoms with van der Waals surface area (Å²) in [7, 11) is 0. The molecule has 0 aliphatic heterocycles. The molecular weight excluding hydrogens is 194 g/mol. The molecule has 0 heterocycles. The fourth-order valence-corrected chi connectivity index (χ4v) is 2.16. The maximum absolute atomic E-state index is 5.76. The Hall–Kier alpha value is -0.300. The predicted octanol–water partition coefficient (Wildman–Crippen LogP) is 4.63. The highest BCUT2D eigenvalue weighted by Crippen LogP contribution is 2.40. The Morgan fingerprint density at radius 2 is 1.50 bits per heavy atom. The van der Waals surface area contributed by atoms with E-state index in [0.29, 0.717) is 5.92 Å². The topological polar surface area (TPSA) is 26.0 Å². The lowest BCUT2D eigenvalue weighted by Gasteiger charge is -2.37. The van der Waals surface area contributed by atoms with Crippen molar-refractivity contribution in [3.8, 4) is 0 Å². The first-order chi connectivity index (χ1) is 7.12. The quantitative estimate of drug-likeness (QED) is 0.681. The molecule has 0 unspecified atom stereocenters. The first-order valence-corrected chi connectivity index (χ1v) is 6.52. The average molecular weight is 227 g/mol. The third-order valence-corrected chi connectivity index (χ3v) is 3.04. The third-order valence-electron chi connectivity index (χ3n) is 3.04. The van der Waals surface area contributed by atoms with Gasteiger partial charge in [-0.05, 0) is 29.7 Å². The van der Waals surface area contributed by atoms with Crippen molar-refractivity contribution in [1.29, 1.82) is 0 Å². The average Bonchev–Trinajstić information content (AvgIpc) is 2.18. The van der Waals surface area contributed by atoms with Gasteiger partial charge in [0.25, 0.3) is 0 Å². The molecule has 0 amide bonds. The van der Waals surface area contributed by atoms with Crippen LogP contribution in [0.3, 0.4) is 0 Å². The molecule has 0 rings (SSSR count). The van der Waals surface area contributed by atoms with Gasteiger partial charge in [-0.15, -0.1) is 0 Å². The zero-order valence-electron chi connectivity index (χ0n) is 12.8. The summed E-state index contributed by atoms with van der Waals surface area (Å²) in [5.41, 5.74) is 7.49. The lowest BCUT2D eigenvalue weighted by atomic mass is 9.69. The summed E-state index contributed by atoms with van der Waals surface area (Å²) >= 11 is 0. The van der Waals surface area contributed by atoms with E-state index in [1.165, 1.54) is 5.57 Å². The van der Waals surface area contributed by atoms with E-state index >= 15 is 0 Å². The Kier molecular flexibility index (Phi) is 8.03. The largest absolute Gasteiger partial charge is 0.330 e. The first kappa shape index (κ1) is 18.1. The molecule has 0 aliphatic carbocycles. The number of allylic oxidation sites excluding steroid dienone is 1. The standard InChI is InChI=1S/C13H27N.C2H6/c1-10(2)11(3)13(6,7)8-12(4,5)9-14;1-2/h10H,3,8-9,14H2,1-2,4-7H3;1-2H3. The molecule has 0 aromatic heterocycles. The maximum atomic E-state index is 5.76. The Labute approximate surface area is 104 Å². The zero-order valence-corrected chi connectivity index (χ0v) is 12.8. The van der Waals surface area contributed by atoms with Gasteiger partial charge >= 0.3 is 0 Å². The fourth-order valence-electron chi connectivity index (χ4n) is 2.16. The molecule has 98 valence electrons. The molecule has 1 nitrogen and oxygen atoms in total. The Balaban J connectivity index is 0. The predicted molar refractivity (Wildman–Crippen MR) is 76.6 cm³/mol. The minimum Gasteiger partial charge on any atom is -0.330 e. The molecule has 0 saturated heterocycles. The van der Waals surface area contributed by atoms with Gasteiger partial charge in [0.15, 0.2) is 0 Å². The monoisotopic (exact) mass is 227 g/mol. The van der Waals surface area contributed by atoms with Gasteiger partial charge in [0.05, 0.1) is 0 Å².